The SMILES string of the molecule is Fc1ccc(C(Cl)C(F)(F)C(F)(F)F)c(F)c1. The first-order valence-electron chi connectivity index (χ1n) is 4.11. The molecule has 0 spiro atoms. The van der Waals surface area contributed by atoms with Crippen LogP contribution in [0.3, 0.4) is 0 Å². The standard InChI is InChI=1S/C9H4ClF7/c10-7(8(13,14)9(15,16)17)5-2-1-4(11)3-6(5)12/h1-3,7H. The predicted octanol–water partition coefficient (Wildman–Crippen LogP) is 4.44. The Morgan fingerprint density at radius 3 is 1.94 bits per heavy atom. The van der Waals surface area contributed by atoms with Gasteiger partial charge in [-0.1, -0.05) is 6.07 Å². The average Bonchev–Trinajstić information content (AvgIpc) is 2.14. The van der Waals surface area contributed by atoms with Gasteiger partial charge in [0.1, 0.15) is 17.0 Å². The van der Waals surface area contributed by atoms with Crippen molar-refractivity contribution in [2.75, 3.05) is 0 Å². The number of hydrogen-bond acceptors (Lipinski definition) is 0. The lowest BCUT2D eigenvalue weighted by Crippen LogP contribution is -2.40. The third-order valence-electron chi connectivity index (χ3n) is 1.93. The van der Waals surface area contributed by atoms with Crippen LogP contribution in [0.1, 0.15) is 10.9 Å². The summed E-state index contributed by atoms with van der Waals surface area (Å²) < 4.78 is 86.8. The molecule has 0 radical (unpaired) electrons. The van der Waals surface area contributed by atoms with E-state index >= 15 is 0 Å². The Balaban J connectivity index is 3.17. The summed E-state index contributed by atoms with van der Waals surface area (Å²) in [7, 11) is 0. The molecule has 0 bridgehead atoms. The lowest BCUT2D eigenvalue weighted by molar-refractivity contribution is -0.283. The molecule has 0 nitrogen and oxygen atoms in total. The van der Waals surface area contributed by atoms with Gasteiger partial charge in [-0.05, 0) is 6.07 Å². The fraction of sp³-hybridized carbons (Fsp3) is 0.333. The zero-order valence-electron chi connectivity index (χ0n) is 7.83. The Morgan fingerprint density at radius 2 is 1.53 bits per heavy atom. The fourth-order valence-electron chi connectivity index (χ4n) is 1.05. The molecule has 17 heavy (non-hydrogen) atoms. The number of rotatable bonds is 2. The molecule has 0 aliphatic carbocycles. The molecule has 8 heteroatoms. The maximum Gasteiger partial charge on any atom is 0.455 e. The van der Waals surface area contributed by atoms with Crippen molar-refractivity contribution in [1.29, 1.82) is 0 Å². The van der Waals surface area contributed by atoms with Crippen molar-refractivity contribution in [3.63, 3.8) is 0 Å². The van der Waals surface area contributed by atoms with Crippen LogP contribution in [0.5, 0.6) is 0 Å². The first-order chi connectivity index (χ1) is 7.57. The Kier molecular flexibility index (Phi) is 3.61. The highest BCUT2D eigenvalue weighted by molar-refractivity contribution is 6.21. The van der Waals surface area contributed by atoms with E-state index in [1.807, 2.05) is 0 Å². The molecule has 0 saturated carbocycles. The number of halogens is 8. The Hall–Kier alpha value is -0.980. The Morgan fingerprint density at radius 1 is 1.00 bits per heavy atom. The molecule has 0 aromatic heterocycles. The topological polar surface area (TPSA) is 0 Å². The van der Waals surface area contributed by atoms with Gasteiger partial charge in [-0.3, -0.25) is 0 Å². The summed E-state index contributed by atoms with van der Waals surface area (Å²) in [6.45, 7) is 0. The van der Waals surface area contributed by atoms with E-state index in [0.717, 1.165) is 0 Å². The molecular weight excluding hydrogens is 277 g/mol. The van der Waals surface area contributed by atoms with E-state index in [1.54, 1.807) is 0 Å². The summed E-state index contributed by atoms with van der Waals surface area (Å²) in [5, 5.41) is -2.96. The molecule has 0 N–H and O–H groups in total. The van der Waals surface area contributed by atoms with Gasteiger partial charge in [-0.25, -0.2) is 8.78 Å². The summed E-state index contributed by atoms with van der Waals surface area (Å²) in [5.74, 6) is -7.98. The van der Waals surface area contributed by atoms with Crippen LogP contribution in [-0.4, -0.2) is 12.1 Å². The molecule has 0 aliphatic heterocycles. The number of benzene rings is 1. The van der Waals surface area contributed by atoms with Crippen molar-refractivity contribution in [2.24, 2.45) is 0 Å². The lowest BCUT2D eigenvalue weighted by Gasteiger charge is -2.24. The van der Waals surface area contributed by atoms with E-state index in [4.69, 9.17) is 11.6 Å². The van der Waals surface area contributed by atoms with Gasteiger partial charge in [0.25, 0.3) is 0 Å². The van der Waals surface area contributed by atoms with Crippen LogP contribution < -0.4 is 0 Å². The highest BCUT2D eigenvalue weighted by Gasteiger charge is 2.62. The Bertz CT molecular complexity index is 412. The zero-order chi connectivity index (χ0) is 13.4. The van der Waals surface area contributed by atoms with Crippen molar-refractivity contribution in [3.8, 4) is 0 Å². The van der Waals surface area contributed by atoms with E-state index < -0.39 is 34.7 Å². The fourth-order valence-corrected chi connectivity index (χ4v) is 1.35. The summed E-state index contributed by atoms with van der Waals surface area (Å²) in [4.78, 5) is 0. The molecule has 0 fully saturated rings. The molecule has 0 amide bonds. The van der Waals surface area contributed by atoms with Crippen molar-refractivity contribution >= 4 is 11.6 Å². The van der Waals surface area contributed by atoms with Crippen LogP contribution in [0, 0.1) is 11.6 Å². The van der Waals surface area contributed by atoms with Gasteiger partial charge in [0, 0.05) is 11.6 Å². The molecule has 0 heterocycles. The van der Waals surface area contributed by atoms with Gasteiger partial charge >= 0.3 is 12.1 Å². The molecule has 0 aliphatic rings. The second-order valence-electron chi connectivity index (χ2n) is 3.15. The molecule has 1 unspecified atom stereocenters. The highest BCUT2D eigenvalue weighted by atomic mass is 35.5. The van der Waals surface area contributed by atoms with Crippen molar-refractivity contribution in [3.05, 3.63) is 35.4 Å². The first-order valence-corrected chi connectivity index (χ1v) is 4.54. The monoisotopic (exact) mass is 280 g/mol. The highest BCUT2D eigenvalue weighted by Crippen LogP contribution is 2.48. The summed E-state index contributed by atoms with van der Waals surface area (Å²) in [6.07, 6.45) is -5.92. The Labute approximate surface area is 96.0 Å². The van der Waals surface area contributed by atoms with Crippen LogP contribution in [0.15, 0.2) is 18.2 Å². The van der Waals surface area contributed by atoms with Gasteiger partial charge < -0.3 is 0 Å². The maximum atomic E-state index is 13.0. The van der Waals surface area contributed by atoms with Crippen LogP contribution in [0.2, 0.25) is 0 Å². The molecule has 96 valence electrons. The smallest absolute Gasteiger partial charge is 0.207 e. The summed E-state index contributed by atoms with van der Waals surface area (Å²) in [5.41, 5.74) is -1.12. The largest absolute Gasteiger partial charge is 0.455 e. The molecule has 1 rings (SSSR count). The molecule has 1 atom stereocenters. The van der Waals surface area contributed by atoms with E-state index in [-0.39, 0.29) is 6.07 Å². The van der Waals surface area contributed by atoms with Crippen LogP contribution in [0.4, 0.5) is 30.7 Å². The van der Waals surface area contributed by atoms with Crippen LogP contribution in [0.25, 0.3) is 0 Å². The van der Waals surface area contributed by atoms with Gasteiger partial charge in [-0.15, -0.1) is 11.6 Å². The molecular formula is C9H4ClF7. The third kappa shape index (κ3) is 2.65. The molecule has 1 aromatic carbocycles. The van der Waals surface area contributed by atoms with Gasteiger partial charge in [0.15, 0.2) is 0 Å². The molecule has 1 aromatic rings. The van der Waals surface area contributed by atoms with E-state index in [0.29, 0.717) is 12.1 Å². The van der Waals surface area contributed by atoms with E-state index in [1.165, 1.54) is 0 Å². The summed E-state index contributed by atoms with van der Waals surface area (Å²) >= 11 is 4.91. The third-order valence-corrected chi connectivity index (χ3v) is 2.44. The second kappa shape index (κ2) is 4.36. The molecule has 0 saturated heterocycles. The number of hydrogen-bond donors (Lipinski definition) is 0. The summed E-state index contributed by atoms with van der Waals surface area (Å²) in [6, 6.07) is 1.17. The maximum absolute atomic E-state index is 13.0. The van der Waals surface area contributed by atoms with Crippen LogP contribution in [-0.2, 0) is 0 Å². The van der Waals surface area contributed by atoms with Crippen molar-refractivity contribution in [2.45, 2.75) is 17.5 Å². The minimum absolute atomic E-state index is 0.178. The minimum atomic E-state index is -5.92. The normalized spacial score (nSPS) is 14.8. The van der Waals surface area contributed by atoms with Crippen molar-refractivity contribution < 1.29 is 30.7 Å². The number of alkyl halides is 6. The van der Waals surface area contributed by atoms with E-state index in [2.05, 4.69) is 0 Å². The lowest BCUT2D eigenvalue weighted by atomic mass is 10.1. The van der Waals surface area contributed by atoms with Gasteiger partial charge in [0.05, 0.1) is 0 Å². The van der Waals surface area contributed by atoms with Crippen molar-refractivity contribution in [1.82, 2.24) is 0 Å². The van der Waals surface area contributed by atoms with Gasteiger partial charge in [-0.2, -0.15) is 22.0 Å². The zero-order valence-corrected chi connectivity index (χ0v) is 8.59. The average molecular weight is 281 g/mol. The minimum Gasteiger partial charge on any atom is -0.207 e. The van der Waals surface area contributed by atoms with E-state index in [9.17, 15) is 30.7 Å². The van der Waals surface area contributed by atoms with Crippen LogP contribution >= 0.6 is 11.6 Å². The predicted molar refractivity (Wildman–Crippen MR) is 46.0 cm³/mol. The quantitative estimate of drug-likeness (QED) is 0.555. The van der Waals surface area contributed by atoms with Gasteiger partial charge in [0.2, 0.25) is 0 Å². The first kappa shape index (κ1) is 14.1. The second-order valence-corrected chi connectivity index (χ2v) is 3.59.